The first-order valence-corrected chi connectivity index (χ1v) is 17.0. The molecule has 290 valence electrons. The third kappa shape index (κ3) is 9.82. The highest BCUT2D eigenvalue weighted by molar-refractivity contribution is 5.68. The molecule has 0 aliphatic rings. The van der Waals surface area contributed by atoms with E-state index >= 15 is 0 Å². The molecule has 12 nitrogen and oxygen atoms in total. The van der Waals surface area contributed by atoms with Gasteiger partial charge in [0.05, 0.1) is 49.4 Å². The number of hydrogen-bond donors (Lipinski definition) is 1. The summed E-state index contributed by atoms with van der Waals surface area (Å²) in [7, 11) is 2.53. The molecule has 0 atom stereocenters. The van der Waals surface area contributed by atoms with Crippen molar-refractivity contribution in [3.8, 4) is 45.5 Å². The van der Waals surface area contributed by atoms with Crippen LogP contribution in [0.15, 0.2) is 85.5 Å². The Morgan fingerprint density at radius 2 is 1.11 bits per heavy atom. The number of nitro benzene ring substituents is 1. The second kappa shape index (κ2) is 18.5. The van der Waals surface area contributed by atoms with Crippen LogP contribution in [0.25, 0.3) is 22.5 Å². The molecule has 0 saturated heterocycles. The van der Waals surface area contributed by atoms with Crippen molar-refractivity contribution in [1.82, 2.24) is 19.9 Å². The molecule has 0 amide bonds. The zero-order valence-corrected chi connectivity index (χ0v) is 30.7. The number of nitro groups is 1. The van der Waals surface area contributed by atoms with Gasteiger partial charge in [-0.2, -0.15) is 0 Å². The van der Waals surface area contributed by atoms with Gasteiger partial charge in [-0.3, -0.25) is 10.1 Å². The van der Waals surface area contributed by atoms with Gasteiger partial charge in [-0.15, -0.1) is 0 Å². The summed E-state index contributed by atoms with van der Waals surface area (Å²) >= 11 is 0. The van der Waals surface area contributed by atoms with E-state index in [0.29, 0.717) is 76.2 Å². The molecule has 0 unspecified atom stereocenters. The van der Waals surface area contributed by atoms with Crippen LogP contribution in [0.3, 0.4) is 0 Å². The molecule has 0 radical (unpaired) electrons. The molecule has 0 bridgehead atoms. The minimum Gasteiger partial charge on any atom is -0.493 e. The third-order valence-corrected chi connectivity index (χ3v) is 8.08. The number of nitrogens with zero attached hydrogens (tertiary/aromatic N) is 5. The Kier molecular flexibility index (Phi) is 13.3. The van der Waals surface area contributed by atoms with Gasteiger partial charge in [-0.05, 0) is 79.6 Å². The monoisotopic (exact) mass is 772 g/mol. The number of nitrogen functional groups attached to an aromatic ring is 1. The fraction of sp³-hybridized carbons (Fsp3) is 0.200. The summed E-state index contributed by atoms with van der Waals surface area (Å²) in [6, 6.07) is 17.2. The van der Waals surface area contributed by atoms with Gasteiger partial charge in [0.1, 0.15) is 35.8 Å². The third-order valence-electron chi connectivity index (χ3n) is 8.08. The molecule has 0 fully saturated rings. The maximum Gasteiger partial charge on any atom is 0.314 e. The number of ether oxygens (including phenoxy) is 4. The zero-order chi connectivity index (χ0) is 40.4. The van der Waals surface area contributed by atoms with E-state index in [1.54, 1.807) is 37.3 Å². The molecular formula is C40H36F4N6O6. The van der Waals surface area contributed by atoms with Crippen molar-refractivity contribution < 1.29 is 41.4 Å². The Labute approximate surface area is 319 Å². The van der Waals surface area contributed by atoms with Crippen molar-refractivity contribution in [1.29, 1.82) is 0 Å². The molecule has 2 heterocycles. The number of aromatic nitrogens is 4. The largest absolute Gasteiger partial charge is 0.493 e. The molecule has 0 spiro atoms. The fourth-order valence-electron chi connectivity index (χ4n) is 5.73. The lowest BCUT2D eigenvalue weighted by atomic mass is 10.0. The topological polar surface area (TPSA) is 158 Å². The first kappa shape index (κ1) is 40.3. The molecule has 2 aromatic heterocycles. The van der Waals surface area contributed by atoms with Gasteiger partial charge in [0, 0.05) is 53.6 Å². The number of nitrogens with two attached hydrogens (primary N) is 1. The molecule has 0 aliphatic carbocycles. The van der Waals surface area contributed by atoms with E-state index in [0.717, 1.165) is 6.07 Å². The van der Waals surface area contributed by atoms with Gasteiger partial charge in [-0.1, -0.05) is 0 Å². The summed E-state index contributed by atoms with van der Waals surface area (Å²) < 4.78 is 76.0. The molecule has 16 heteroatoms. The maximum atomic E-state index is 14.2. The minimum absolute atomic E-state index is 0.0230. The Morgan fingerprint density at radius 3 is 1.54 bits per heavy atom. The number of halogens is 4. The smallest absolute Gasteiger partial charge is 0.314 e. The average molecular weight is 773 g/mol. The average Bonchev–Trinajstić information content (AvgIpc) is 3.15. The number of methoxy groups -OCH3 is 2. The lowest BCUT2D eigenvalue weighted by Crippen LogP contribution is -2.01. The molecule has 6 rings (SSSR count). The summed E-state index contributed by atoms with van der Waals surface area (Å²) in [5, 5.41) is 11.2. The first-order valence-electron chi connectivity index (χ1n) is 17.0. The van der Waals surface area contributed by atoms with Crippen LogP contribution in [0.2, 0.25) is 0 Å². The number of benzene rings is 4. The van der Waals surface area contributed by atoms with Crippen molar-refractivity contribution in [3.05, 3.63) is 141 Å². The maximum absolute atomic E-state index is 14.2. The molecular weight excluding hydrogens is 736 g/mol. The van der Waals surface area contributed by atoms with Crippen LogP contribution in [0, 0.1) is 33.4 Å². The second-order valence-corrected chi connectivity index (χ2v) is 11.9. The Bertz CT molecular complexity index is 2330. The lowest BCUT2D eigenvalue weighted by molar-refractivity contribution is -0.386. The molecule has 0 saturated carbocycles. The summed E-state index contributed by atoms with van der Waals surface area (Å²) in [6.07, 6.45) is 3.21. The van der Waals surface area contributed by atoms with Crippen LogP contribution in [-0.2, 0) is 12.8 Å². The van der Waals surface area contributed by atoms with E-state index in [2.05, 4.69) is 19.9 Å². The molecule has 0 aliphatic heterocycles. The van der Waals surface area contributed by atoms with Crippen molar-refractivity contribution in [2.75, 3.05) is 33.2 Å². The Balaban J connectivity index is 0.000000215. The van der Waals surface area contributed by atoms with Crippen LogP contribution in [-0.4, -0.2) is 52.3 Å². The van der Waals surface area contributed by atoms with E-state index in [9.17, 15) is 27.7 Å². The summed E-state index contributed by atoms with van der Waals surface area (Å²) in [4.78, 5) is 27.3. The van der Waals surface area contributed by atoms with Crippen molar-refractivity contribution >= 4 is 11.4 Å². The predicted molar refractivity (Wildman–Crippen MR) is 200 cm³/mol. The van der Waals surface area contributed by atoms with Gasteiger partial charge in [0.15, 0.2) is 17.4 Å². The summed E-state index contributed by atoms with van der Waals surface area (Å²) in [5.74, 6) is -1.84. The van der Waals surface area contributed by atoms with Crippen LogP contribution in [0.5, 0.6) is 23.0 Å². The number of hydrogen-bond acceptors (Lipinski definition) is 11. The molecule has 4 aromatic carbocycles. The van der Waals surface area contributed by atoms with Gasteiger partial charge in [0.2, 0.25) is 5.75 Å². The number of rotatable bonds is 13. The van der Waals surface area contributed by atoms with Crippen molar-refractivity contribution in [2.45, 2.75) is 26.7 Å². The molecule has 2 N–H and O–H groups in total. The van der Waals surface area contributed by atoms with Gasteiger partial charge >= 0.3 is 5.69 Å². The van der Waals surface area contributed by atoms with Crippen LogP contribution in [0.1, 0.15) is 36.4 Å². The van der Waals surface area contributed by atoms with Gasteiger partial charge < -0.3 is 24.7 Å². The summed E-state index contributed by atoms with van der Waals surface area (Å²) in [5.41, 5.74) is 10.1. The lowest BCUT2D eigenvalue weighted by Gasteiger charge is -2.11. The predicted octanol–water partition coefficient (Wildman–Crippen LogP) is 8.33. The Hall–Kier alpha value is -6.84. The fourth-order valence-corrected chi connectivity index (χ4v) is 5.73. The van der Waals surface area contributed by atoms with E-state index in [-0.39, 0.29) is 23.7 Å². The van der Waals surface area contributed by atoms with Crippen LogP contribution >= 0.6 is 0 Å². The normalized spacial score (nSPS) is 10.6. The minimum atomic E-state index is -0.830. The quantitative estimate of drug-likeness (QED) is 0.0521. The highest BCUT2D eigenvalue weighted by Gasteiger charge is 2.22. The highest BCUT2D eigenvalue weighted by atomic mass is 19.1. The summed E-state index contributed by atoms with van der Waals surface area (Å²) in [6.45, 7) is 4.36. The molecule has 56 heavy (non-hydrogen) atoms. The van der Waals surface area contributed by atoms with Crippen LogP contribution in [0.4, 0.5) is 28.9 Å². The Morgan fingerprint density at radius 1 is 0.643 bits per heavy atom. The first-order chi connectivity index (χ1) is 26.9. The van der Waals surface area contributed by atoms with Crippen molar-refractivity contribution in [3.63, 3.8) is 0 Å². The highest BCUT2D eigenvalue weighted by Crippen LogP contribution is 2.34. The van der Waals surface area contributed by atoms with E-state index in [1.807, 2.05) is 6.92 Å². The van der Waals surface area contributed by atoms with E-state index < -0.39 is 33.8 Å². The van der Waals surface area contributed by atoms with Crippen LogP contribution < -0.4 is 24.7 Å². The second-order valence-electron chi connectivity index (χ2n) is 11.9. The van der Waals surface area contributed by atoms with Gasteiger partial charge in [-0.25, -0.2) is 37.5 Å². The SMILES string of the molecule is CCOc1cc(F)ccc1-c1cc(Cc2cc(F)c(OC)c([N+](=O)[O-])c2)ncn1.CCOc1cc(F)ccc1-c1cc(Cc2cc(N)c(OC)c(F)c2)ncn1. The standard InChI is InChI=1S/C20H17F2N3O4.C20H19F2N3O2/c1-3-29-19-9-13(21)4-5-15(19)17-10-14(23-11-24-17)6-12-7-16(22)20(28-2)18(8-12)25(26)27;1-3-27-19-9-13(21)4-5-15(19)18-10-14(24-11-25-18)6-12-7-16(22)20(26-2)17(23)8-12/h4-5,7-11H,3,6H2,1-2H3;4-5,7-11H,3,6,23H2,1-2H3. The van der Waals surface area contributed by atoms with Gasteiger partial charge in [0.25, 0.3) is 0 Å². The number of anilines is 1. The zero-order valence-electron chi connectivity index (χ0n) is 30.7. The van der Waals surface area contributed by atoms with Crippen molar-refractivity contribution in [2.24, 2.45) is 0 Å². The molecule has 6 aromatic rings. The van der Waals surface area contributed by atoms with E-state index in [1.165, 1.54) is 63.3 Å². The van der Waals surface area contributed by atoms with E-state index in [4.69, 9.17) is 24.7 Å².